The predicted molar refractivity (Wildman–Crippen MR) is 119 cm³/mol. The van der Waals surface area contributed by atoms with Gasteiger partial charge >= 0.3 is 0 Å². The van der Waals surface area contributed by atoms with Crippen molar-refractivity contribution in [2.45, 2.75) is 13.1 Å². The molecule has 0 saturated heterocycles. The zero-order valence-electron chi connectivity index (χ0n) is 16.7. The molecule has 2 heterocycles. The summed E-state index contributed by atoms with van der Waals surface area (Å²) in [6.45, 7) is 1.17. The van der Waals surface area contributed by atoms with Gasteiger partial charge in [0.25, 0.3) is 0 Å². The molecule has 0 spiro atoms. The summed E-state index contributed by atoms with van der Waals surface area (Å²) in [5, 5.41) is 6.75. The van der Waals surface area contributed by atoms with Crippen LogP contribution in [0.4, 0.5) is 11.6 Å². The topological polar surface area (TPSA) is 72.0 Å². The first-order valence-electron chi connectivity index (χ1n) is 9.76. The highest BCUT2D eigenvalue weighted by molar-refractivity contribution is 5.61. The molecule has 0 saturated carbocycles. The fourth-order valence-corrected chi connectivity index (χ4v) is 3.06. The molecule has 0 bridgehead atoms. The average Bonchev–Trinajstić information content (AvgIpc) is 2.83. The summed E-state index contributed by atoms with van der Waals surface area (Å²) in [5.74, 6) is 2.97. The molecule has 2 aromatic carbocycles. The number of aromatic nitrogens is 3. The van der Waals surface area contributed by atoms with E-state index in [4.69, 9.17) is 14.7 Å². The molecular formula is C24H23N5O. The van der Waals surface area contributed by atoms with E-state index in [-0.39, 0.29) is 0 Å². The molecule has 0 fully saturated rings. The molecule has 0 unspecified atom stereocenters. The SMILES string of the molecule is COc1ccccc1CNc1cc(NCc2ccccn2)nc(-c2ccccc2)n1. The third kappa shape index (κ3) is 4.91. The second kappa shape index (κ2) is 9.52. The number of benzene rings is 2. The number of para-hydroxylation sites is 1. The maximum absolute atomic E-state index is 5.45. The van der Waals surface area contributed by atoms with Crippen LogP contribution in [0, 0.1) is 0 Å². The second-order valence-corrected chi connectivity index (χ2v) is 6.67. The van der Waals surface area contributed by atoms with Crippen molar-refractivity contribution < 1.29 is 4.74 Å². The lowest BCUT2D eigenvalue weighted by atomic mass is 10.2. The Bertz CT molecular complexity index is 1090. The largest absolute Gasteiger partial charge is 0.496 e. The van der Waals surface area contributed by atoms with Gasteiger partial charge in [-0.05, 0) is 18.2 Å². The van der Waals surface area contributed by atoms with Crippen LogP contribution in [0.2, 0.25) is 0 Å². The maximum Gasteiger partial charge on any atom is 0.163 e. The van der Waals surface area contributed by atoms with Crippen molar-refractivity contribution in [1.29, 1.82) is 0 Å². The first kappa shape index (κ1) is 19.4. The number of methoxy groups -OCH3 is 1. The number of anilines is 2. The molecule has 6 heteroatoms. The van der Waals surface area contributed by atoms with Gasteiger partial charge in [-0.25, -0.2) is 9.97 Å². The number of nitrogens with one attached hydrogen (secondary N) is 2. The smallest absolute Gasteiger partial charge is 0.163 e. The monoisotopic (exact) mass is 397 g/mol. The van der Waals surface area contributed by atoms with Crippen LogP contribution in [0.25, 0.3) is 11.4 Å². The molecule has 4 aromatic rings. The molecule has 4 rings (SSSR count). The van der Waals surface area contributed by atoms with Crippen LogP contribution in [0.3, 0.4) is 0 Å². The van der Waals surface area contributed by atoms with Crippen molar-refractivity contribution in [3.8, 4) is 17.1 Å². The van der Waals surface area contributed by atoms with Gasteiger partial charge in [-0.3, -0.25) is 4.98 Å². The average molecular weight is 397 g/mol. The molecular weight excluding hydrogens is 374 g/mol. The Hall–Kier alpha value is -3.93. The molecule has 30 heavy (non-hydrogen) atoms. The fourth-order valence-electron chi connectivity index (χ4n) is 3.06. The number of hydrogen-bond donors (Lipinski definition) is 2. The van der Waals surface area contributed by atoms with Gasteiger partial charge in [0.1, 0.15) is 17.4 Å². The van der Waals surface area contributed by atoms with E-state index in [1.54, 1.807) is 13.3 Å². The standard InChI is InChI=1S/C24H23N5O/c1-30-21-13-6-5-11-19(21)16-26-22-15-23(27-17-20-12-7-8-14-25-20)29-24(28-22)18-9-3-2-4-10-18/h2-15H,16-17H2,1H3,(H2,26,27,28,29). The Morgan fingerprint density at radius 1 is 0.767 bits per heavy atom. The Labute approximate surface area is 176 Å². The Morgan fingerprint density at radius 2 is 1.47 bits per heavy atom. The van der Waals surface area contributed by atoms with E-state index in [1.807, 2.05) is 78.9 Å². The van der Waals surface area contributed by atoms with Crippen molar-refractivity contribution in [1.82, 2.24) is 15.0 Å². The molecule has 2 aromatic heterocycles. The molecule has 0 aliphatic heterocycles. The fraction of sp³-hybridized carbons (Fsp3) is 0.125. The van der Waals surface area contributed by atoms with E-state index in [9.17, 15) is 0 Å². The van der Waals surface area contributed by atoms with E-state index in [0.717, 1.165) is 34.2 Å². The zero-order valence-corrected chi connectivity index (χ0v) is 16.7. The number of pyridine rings is 1. The minimum Gasteiger partial charge on any atom is -0.496 e. The first-order chi connectivity index (χ1) is 14.8. The summed E-state index contributed by atoms with van der Waals surface area (Å²) < 4.78 is 5.45. The van der Waals surface area contributed by atoms with Gasteiger partial charge in [0, 0.05) is 29.9 Å². The Morgan fingerprint density at radius 3 is 2.20 bits per heavy atom. The van der Waals surface area contributed by atoms with Gasteiger partial charge in [0.2, 0.25) is 0 Å². The van der Waals surface area contributed by atoms with Crippen LogP contribution >= 0.6 is 0 Å². The van der Waals surface area contributed by atoms with E-state index in [0.29, 0.717) is 18.9 Å². The molecule has 0 atom stereocenters. The highest BCUT2D eigenvalue weighted by atomic mass is 16.5. The lowest BCUT2D eigenvalue weighted by Gasteiger charge is -2.13. The van der Waals surface area contributed by atoms with Crippen LogP contribution in [-0.4, -0.2) is 22.1 Å². The molecule has 0 radical (unpaired) electrons. The first-order valence-corrected chi connectivity index (χ1v) is 9.76. The maximum atomic E-state index is 5.45. The van der Waals surface area contributed by atoms with Crippen molar-refractivity contribution in [3.05, 3.63) is 96.3 Å². The minimum absolute atomic E-state index is 0.581. The van der Waals surface area contributed by atoms with Crippen LogP contribution in [-0.2, 0) is 13.1 Å². The minimum atomic E-state index is 0.581. The molecule has 6 nitrogen and oxygen atoms in total. The summed E-state index contributed by atoms with van der Waals surface area (Å²) in [5.41, 5.74) is 2.96. The van der Waals surface area contributed by atoms with Crippen molar-refractivity contribution in [2.75, 3.05) is 17.7 Å². The second-order valence-electron chi connectivity index (χ2n) is 6.67. The molecule has 2 N–H and O–H groups in total. The van der Waals surface area contributed by atoms with Crippen LogP contribution in [0.15, 0.2) is 85.1 Å². The van der Waals surface area contributed by atoms with Gasteiger partial charge in [-0.2, -0.15) is 0 Å². The molecule has 0 amide bonds. The van der Waals surface area contributed by atoms with Crippen LogP contribution in [0.1, 0.15) is 11.3 Å². The summed E-state index contributed by atoms with van der Waals surface area (Å²) in [7, 11) is 1.68. The quantitative estimate of drug-likeness (QED) is 0.446. The van der Waals surface area contributed by atoms with E-state index in [1.165, 1.54) is 0 Å². The van der Waals surface area contributed by atoms with E-state index < -0.39 is 0 Å². The highest BCUT2D eigenvalue weighted by Gasteiger charge is 2.08. The van der Waals surface area contributed by atoms with Crippen molar-refractivity contribution in [3.63, 3.8) is 0 Å². The summed E-state index contributed by atoms with van der Waals surface area (Å²) in [6.07, 6.45) is 1.78. The third-order valence-electron chi connectivity index (χ3n) is 4.59. The lowest BCUT2D eigenvalue weighted by Crippen LogP contribution is -2.08. The highest BCUT2D eigenvalue weighted by Crippen LogP contribution is 2.23. The van der Waals surface area contributed by atoms with E-state index >= 15 is 0 Å². The third-order valence-corrected chi connectivity index (χ3v) is 4.59. The van der Waals surface area contributed by atoms with Gasteiger partial charge in [0.05, 0.1) is 19.3 Å². The summed E-state index contributed by atoms with van der Waals surface area (Å²) >= 11 is 0. The van der Waals surface area contributed by atoms with Crippen LogP contribution < -0.4 is 15.4 Å². The molecule has 0 aliphatic carbocycles. The predicted octanol–water partition coefficient (Wildman–Crippen LogP) is 4.77. The normalized spacial score (nSPS) is 10.4. The summed E-state index contributed by atoms with van der Waals surface area (Å²) in [4.78, 5) is 13.8. The Kier molecular flexibility index (Phi) is 6.15. The number of nitrogens with zero attached hydrogens (tertiary/aromatic N) is 3. The molecule has 150 valence electrons. The number of hydrogen-bond acceptors (Lipinski definition) is 6. The van der Waals surface area contributed by atoms with Crippen molar-refractivity contribution >= 4 is 11.6 Å². The summed E-state index contributed by atoms with van der Waals surface area (Å²) in [6, 6.07) is 25.6. The lowest BCUT2D eigenvalue weighted by molar-refractivity contribution is 0.410. The van der Waals surface area contributed by atoms with Gasteiger partial charge in [0.15, 0.2) is 5.82 Å². The van der Waals surface area contributed by atoms with Gasteiger partial charge < -0.3 is 15.4 Å². The van der Waals surface area contributed by atoms with Gasteiger partial charge in [-0.1, -0.05) is 54.6 Å². The van der Waals surface area contributed by atoms with Crippen LogP contribution in [0.5, 0.6) is 5.75 Å². The number of rotatable bonds is 8. The van der Waals surface area contributed by atoms with Gasteiger partial charge in [-0.15, -0.1) is 0 Å². The number of ether oxygens (including phenoxy) is 1. The zero-order chi connectivity index (χ0) is 20.6. The van der Waals surface area contributed by atoms with E-state index in [2.05, 4.69) is 15.6 Å². The molecule has 0 aliphatic rings. The van der Waals surface area contributed by atoms with Crippen molar-refractivity contribution in [2.24, 2.45) is 0 Å². The Balaban J connectivity index is 1.58.